The molecule has 1 aromatic rings. The number of nitrogens with zero attached hydrogens (tertiary/aromatic N) is 1. The first kappa shape index (κ1) is 18.4. The van der Waals surface area contributed by atoms with Gasteiger partial charge in [-0.2, -0.15) is 0 Å². The van der Waals surface area contributed by atoms with Gasteiger partial charge in [0.25, 0.3) is 0 Å². The molecule has 0 aliphatic carbocycles. The number of ether oxygens (including phenoxy) is 2. The quantitative estimate of drug-likeness (QED) is 0.731. The van der Waals surface area contributed by atoms with E-state index in [0.29, 0.717) is 12.5 Å². The molecular weight excluding hydrogens is 316 g/mol. The molecule has 5 heteroatoms. The van der Waals surface area contributed by atoms with Crippen LogP contribution in [0.2, 0.25) is 0 Å². The van der Waals surface area contributed by atoms with E-state index in [4.69, 9.17) is 9.47 Å². The van der Waals surface area contributed by atoms with Crippen LogP contribution in [0.15, 0.2) is 30.3 Å². The topological polar surface area (TPSA) is 50.8 Å². The first-order valence-corrected chi connectivity index (χ1v) is 9.28. The minimum Gasteiger partial charge on any atom is -0.380 e. The molecule has 2 aliphatic heterocycles. The first-order valence-electron chi connectivity index (χ1n) is 9.28. The Balaban J connectivity index is 1.43. The monoisotopic (exact) mass is 346 g/mol. The molecule has 0 bridgehead atoms. The van der Waals surface area contributed by atoms with Crippen LogP contribution in [0.1, 0.15) is 19.4 Å². The van der Waals surface area contributed by atoms with Gasteiger partial charge in [0.1, 0.15) is 0 Å². The molecule has 138 valence electrons. The number of hydrogen-bond acceptors (Lipinski definition) is 4. The smallest absolute Gasteiger partial charge is 0.222 e. The minimum absolute atomic E-state index is 0.0288. The maximum absolute atomic E-state index is 11.9. The summed E-state index contributed by atoms with van der Waals surface area (Å²) in [6.07, 6.45) is 0. The molecular formula is C20H30N2O3. The van der Waals surface area contributed by atoms with Crippen molar-refractivity contribution in [2.45, 2.75) is 20.5 Å². The van der Waals surface area contributed by atoms with Gasteiger partial charge in [-0.3, -0.25) is 9.69 Å². The Kier molecular flexibility index (Phi) is 6.10. The zero-order valence-electron chi connectivity index (χ0n) is 15.4. The number of fused-ring (bicyclic) bond motifs is 1. The van der Waals surface area contributed by atoms with E-state index in [0.717, 1.165) is 46.0 Å². The van der Waals surface area contributed by atoms with Crippen molar-refractivity contribution in [3.05, 3.63) is 35.9 Å². The SMILES string of the molecule is CC(C)C(=O)NC[C@]12COC[C@H]1CN(CCOCc1ccccc1)C2. The van der Waals surface area contributed by atoms with E-state index in [9.17, 15) is 4.79 Å². The Morgan fingerprint density at radius 1 is 1.40 bits per heavy atom. The lowest BCUT2D eigenvalue weighted by atomic mass is 9.81. The predicted molar refractivity (Wildman–Crippen MR) is 97.1 cm³/mol. The summed E-state index contributed by atoms with van der Waals surface area (Å²) in [6.45, 7) is 10.5. The van der Waals surface area contributed by atoms with Gasteiger partial charge in [0, 0.05) is 43.4 Å². The number of carbonyl (C=O) groups is 1. The van der Waals surface area contributed by atoms with Crippen LogP contribution in [-0.2, 0) is 20.9 Å². The van der Waals surface area contributed by atoms with Crippen molar-refractivity contribution in [1.82, 2.24) is 10.2 Å². The predicted octanol–water partition coefficient (Wildman–Crippen LogP) is 1.92. The van der Waals surface area contributed by atoms with Gasteiger partial charge in [0.2, 0.25) is 5.91 Å². The average Bonchev–Trinajstić information content (AvgIpc) is 3.14. The van der Waals surface area contributed by atoms with Gasteiger partial charge in [-0.1, -0.05) is 44.2 Å². The Morgan fingerprint density at radius 2 is 2.20 bits per heavy atom. The van der Waals surface area contributed by atoms with E-state index in [1.807, 2.05) is 32.0 Å². The highest BCUT2D eigenvalue weighted by molar-refractivity contribution is 5.77. The second-order valence-corrected chi connectivity index (χ2v) is 7.72. The summed E-state index contributed by atoms with van der Waals surface area (Å²) in [4.78, 5) is 14.4. The molecule has 0 unspecified atom stereocenters. The van der Waals surface area contributed by atoms with Gasteiger partial charge in [-0.05, 0) is 5.56 Å². The van der Waals surface area contributed by atoms with Crippen LogP contribution in [0.4, 0.5) is 0 Å². The maximum Gasteiger partial charge on any atom is 0.222 e. The summed E-state index contributed by atoms with van der Waals surface area (Å²) in [5.41, 5.74) is 1.28. The van der Waals surface area contributed by atoms with Crippen LogP contribution in [0.5, 0.6) is 0 Å². The summed E-state index contributed by atoms with van der Waals surface area (Å²) in [6, 6.07) is 10.3. The lowest BCUT2D eigenvalue weighted by molar-refractivity contribution is -0.124. The van der Waals surface area contributed by atoms with Gasteiger partial charge in [0.15, 0.2) is 0 Å². The number of nitrogens with one attached hydrogen (secondary N) is 1. The number of hydrogen-bond donors (Lipinski definition) is 1. The number of rotatable bonds is 8. The average molecular weight is 346 g/mol. The Bertz CT molecular complexity index is 563. The van der Waals surface area contributed by atoms with Crippen LogP contribution in [0, 0.1) is 17.3 Å². The van der Waals surface area contributed by atoms with E-state index in [1.54, 1.807) is 0 Å². The third-order valence-corrected chi connectivity index (χ3v) is 5.39. The van der Waals surface area contributed by atoms with E-state index < -0.39 is 0 Å². The molecule has 25 heavy (non-hydrogen) atoms. The van der Waals surface area contributed by atoms with Crippen molar-refractivity contribution in [3.63, 3.8) is 0 Å². The molecule has 0 spiro atoms. The lowest BCUT2D eigenvalue weighted by Crippen LogP contribution is -2.44. The molecule has 1 N–H and O–H groups in total. The summed E-state index contributed by atoms with van der Waals surface area (Å²) < 4.78 is 11.6. The third kappa shape index (κ3) is 4.60. The summed E-state index contributed by atoms with van der Waals surface area (Å²) in [5, 5.41) is 3.12. The van der Waals surface area contributed by atoms with Gasteiger partial charge in [-0.25, -0.2) is 0 Å². The Morgan fingerprint density at radius 3 is 2.96 bits per heavy atom. The normalized spacial score (nSPS) is 26.1. The molecule has 2 aliphatic rings. The molecule has 5 nitrogen and oxygen atoms in total. The van der Waals surface area contributed by atoms with E-state index in [2.05, 4.69) is 22.3 Å². The van der Waals surface area contributed by atoms with Crippen molar-refractivity contribution < 1.29 is 14.3 Å². The highest BCUT2D eigenvalue weighted by atomic mass is 16.5. The van der Waals surface area contributed by atoms with Crippen LogP contribution in [-0.4, -0.2) is 56.8 Å². The molecule has 0 radical (unpaired) electrons. The Labute approximate surface area is 150 Å². The molecule has 3 rings (SSSR count). The summed E-state index contributed by atoms with van der Waals surface area (Å²) >= 11 is 0. The molecule has 0 saturated carbocycles. The van der Waals surface area contributed by atoms with Gasteiger partial charge >= 0.3 is 0 Å². The molecule has 0 aromatic heterocycles. The lowest BCUT2D eigenvalue weighted by Gasteiger charge is -2.28. The summed E-state index contributed by atoms with van der Waals surface area (Å²) in [5.74, 6) is 0.666. The zero-order chi connectivity index (χ0) is 17.7. The number of amides is 1. The summed E-state index contributed by atoms with van der Waals surface area (Å²) in [7, 11) is 0. The third-order valence-electron chi connectivity index (χ3n) is 5.39. The van der Waals surface area contributed by atoms with Crippen molar-refractivity contribution in [3.8, 4) is 0 Å². The van der Waals surface area contributed by atoms with Gasteiger partial charge < -0.3 is 14.8 Å². The van der Waals surface area contributed by atoms with Crippen molar-refractivity contribution in [1.29, 1.82) is 0 Å². The van der Waals surface area contributed by atoms with Gasteiger partial charge in [-0.15, -0.1) is 0 Å². The second kappa shape index (κ2) is 8.30. The molecule has 2 atom stereocenters. The fourth-order valence-corrected chi connectivity index (χ4v) is 3.79. The minimum atomic E-state index is 0.0288. The van der Waals surface area contributed by atoms with Crippen molar-refractivity contribution in [2.24, 2.45) is 17.3 Å². The number of likely N-dealkylation sites (tertiary alicyclic amines) is 1. The van der Waals surface area contributed by atoms with Crippen LogP contribution >= 0.6 is 0 Å². The molecule has 1 amide bonds. The zero-order valence-corrected chi connectivity index (χ0v) is 15.4. The molecule has 2 heterocycles. The molecule has 1 aromatic carbocycles. The fraction of sp³-hybridized carbons (Fsp3) is 0.650. The largest absolute Gasteiger partial charge is 0.380 e. The first-order chi connectivity index (χ1) is 12.1. The molecule has 2 fully saturated rings. The fourth-order valence-electron chi connectivity index (χ4n) is 3.79. The maximum atomic E-state index is 11.9. The Hall–Kier alpha value is -1.43. The van der Waals surface area contributed by atoms with Crippen LogP contribution in [0.25, 0.3) is 0 Å². The van der Waals surface area contributed by atoms with Crippen LogP contribution < -0.4 is 5.32 Å². The van der Waals surface area contributed by atoms with Crippen molar-refractivity contribution in [2.75, 3.05) is 46.0 Å². The molecule has 2 saturated heterocycles. The van der Waals surface area contributed by atoms with E-state index in [-0.39, 0.29) is 17.2 Å². The van der Waals surface area contributed by atoms with E-state index in [1.165, 1.54) is 5.56 Å². The standard InChI is InChI=1S/C20H30N2O3/c1-16(2)19(23)21-13-20-14-22(10-18(20)12-25-15-20)8-9-24-11-17-6-4-3-5-7-17/h3-7,16,18H,8-15H2,1-2H3,(H,21,23)/t18-,20+/m1/s1. The highest BCUT2D eigenvalue weighted by Crippen LogP contribution is 2.40. The number of benzene rings is 1. The number of carbonyl (C=O) groups excluding carboxylic acids is 1. The van der Waals surface area contributed by atoms with E-state index >= 15 is 0 Å². The van der Waals surface area contributed by atoms with Crippen LogP contribution in [0.3, 0.4) is 0 Å². The highest BCUT2D eigenvalue weighted by Gasteiger charge is 2.50. The van der Waals surface area contributed by atoms with Gasteiger partial charge in [0.05, 0.1) is 26.4 Å². The second-order valence-electron chi connectivity index (χ2n) is 7.72. The van der Waals surface area contributed by atoms with Crippen molar-refractivity contribution >= 4 is 5.91 Å².